The van der Waals surface area contributed by atoms with Gasteiger partial charge in [0, 0.05) is 10.9 Å². The Balaban J connectivity index is 2.13. The number of aliphatic hydroxyl groups is 1. The van der Waals surface area contributed by atoms with Gasteiger partial charge in [-0.15, -0.1) is 11.3 Å². The topological polar surface area (TPSA) is 72.6 Å². The molecule has 0 aliphatic rings. The molecule has 1 aromatic heterocycles. The number of thiophene rings is 1. The van der Waals surface area contributed by atoms with E-state index in [1.807, 2.05) is 6.07 Å². The van der Waals surface area contributed by atoms with Crippen LogP contribution >= 0.6 is 22.9 Å². The second kappa shape index (κ2) is 7.09. The van der Waals surface area contributed by atoms with E-state index in [2.05, 4.69) is 11.8 Å². The average molecular weight is 324 g/mol. The number of nitro benzene ring substituents is 1. The fourth-order valence-electron chi connectivity index (χ4n) is 1.58. The normalized spacial score (nSPS) is 9.81. The minimum Gasteiger partial charge on any atom is -0.480 e. The molecule has 0 saturated carbocycles. The van der Waals surface area contributed by atoms with Crippen molar-refractivity contribution in [3.63, 3.8) is 0 Å². The van der Waals surface area contributed by atoms with Crippen LogP contribution < -0.4 is 4.74 Å². The maximum Gasteiger partial charge on any atom is 0.312 e. The van der Waals surface area contributed by atoms with Gasteiger partial charge in [0.05, 0.1) is 14.8 Å². The summed E-state index contributed by atoms with van der Waals surface area (Å²) in [6, 6.07) is 7.99. The second-order valence-electron chi connectivity index (χ2n) is 3.86. The highest BCUT2D eigenvalue weighted by Crippen LogP contribution is 2.35. The van der Waals surface area contributed by atoms with Gasteiger partial charge >= 0.3 is 5.69 Å². The molecule has 2 rings (SSSR count). The number of rotatable bonds is 4. The molecule has 0 fully saturated rings. The van der Waals surface area contributed by atoms with E-state index >= 15 is 0 Å². The zero-order valence-electron chi connectivity index (χ0n) is 10.7. The van der Waals surface area contributed by atoms with E-state index in [1.54, 1.807) is 6.07 Å². The molecule has 0 bridgehead atoms. The summed E-state index contributed by atoms with van der Waals surface area (Å²) in [5.41, 5.74) is -0.167. The molecule has 0 unspecified atom stereocenters. The average Bonchev–Trinajstić information content (AvgIpc) is 2.91. The lowest BCUT2D eigenvalue weighted by Gasteiger charge is -2.06. The van der Waals surface area contributed by atoms with Gasteiger partial charge in [0.2, 0.25) is 5.75 Å². The first-order valence-corrected chi connectivity index (χ1v) is 7.05. The molecule has 0 aliphatic heterocycles. The third-order valence-electron chi connectivity index (χ3n) is 2.45. The van der Waals surface area contributed by atoms with Crippen molar-refractivity contribution in [2.24, 2.45) is 0 Å². The standard InChI is InChI=1S/C14H10ClNO4S/c15-12-4-1-5-13(16(18)19)14(12)20-9-11-7-6-10(21-11)3-2-8-17/h1,4-7,17H,8-9H2. The molecule has 0 radical (unpaired) electrons. The third-order valence-corrected chi connectivity index (χ3v) is 3.73. The molecule has 5 nitrogen and oxygen atoms in total. The van der Waals surface area contributed by atoms with E-state index in [0.717, 1.165) is 9.75 Å². The first-order chi connectivity index (χ1) is 10.1. The highest BCUT2D eigenvalue weighted by molar-refractivity contribution is 7.12. The number of hydrogen-bond donors (Lipinski definition) is 1. The molecular formula is C14H10ClNO4S. The van der Waals surface area contributed by atoms with Crippen molar-refractivity contribution in [2.75, 3.05) is 6.61 Å². The van der Waals surface area contributed by atoms with Gasteiger partial charge in [-0.1, -0.05) is 29.5 Å². The molecule has 0 spiro atoms. The predicted molar refractivity (Wildman–Crippen MR) is 80.7 cm³/mol. The number of nitrogens with zero attached hydrogens (tertiary/aromatic N) is 1. The Labute approximate surface area is 129 Å². The van der Waals surface area contributed by atoms with E-state index in [4.69, 9.17) is 21.4 Å². The van der Waals surface area contributed by atoms with Gasteiger partial charge in [-0.3, -0.25) is 10.1 Å². The molecule has 7 heteroatoms. The van der Waals surface area contributed by atoms with Crippen LogP contribution in [0.25, 0.3) is 0 Å². The van der Waals surface area contributed by atoms with E-state index in [0.29, 0.717) is 0 Å². The smallest absolute Gasteiger partial charge is 0.312 e. The van der Waals surface area contributed by atoms with Gasteiger partial charge in [-0.05, 0) is 18.2 Å². The van der Waals surface area contributed by atoms with Crippen LogP contribution in [0.1, 0.15) is 9.75 Å². The van der Waals surface area contributed by atoms with Crippen LogP contribution in [-0.4, -0.2) is 16.6 Å². The molecule has 0 atom stereocenters. The van der Waals surface area contributed by atoms with Crippen LogP contribution in [-0.2, 0) is 6.61 Å². The van der Waals surface area contributed by atoms with Gasteiger partial charge in [-0.25, -0.2) is 0 Å². The second-order valence-corrected chi connectivity index (χ2v) is 5.44. The number of para-hydroxylation sites is 1. The minimum absolute atomic E-state index is 0.0561. The van der Waals surface area contributed by atoms with Gasteiger partial charge in [0.25, 0.3) is 0 Å². The Hall–Kier alpha value is -2.07. The van der Waals surface area contributed by atoms with E-state index < -0.39 is 4.92 Å². The molecule has 0 saturated heterocycles. The van der Waals surface area contributed by atoms with Crippen LogP contribution in [0, 0.1) is 22.0 Å². The van der Waals surface area contributed by atoms with Crippen molar-refractivity contribution in [3.8, 4) is 17.6 Å². The van der Waals surface area contributed by atoms with Crippen molar-refractivity contribution in [1.29, 1.82) is 0 Å². The molecular weight excluding hydrogens is 314 g/mol. The summed E-state index contributed by atoms with van der Waals surface area (Å²) >= 11 is 7.33. The number of aliphatic hydroxyl groups excluding tert-OH is 1. The maximum atomic E-state index is 10.9. The van der Waals surface area contributed by atoms with Crippen molar-refractivity contribution in [2.45, 2.75) is 6.61 Å². The summed E-state index contributed by atoms with van der Waals surface area (Å²) < 4.78 is 5.47. The van der Waals surface area contributed by atoms with Crippen LogP contribution in [0.15, 0.2) is 30.3 Å². The van der Waals surface area contributed by atoms with Gasteiger partial charge in [0.1, 0.15) is 13.2 Å². The summed E-state index contributed by atoms with van der Waals surface area (Å²) in [6.07, 6.45) is 0. The van der Waals surface area contributed by atoms with E-state index in [9.17, 15) is 10.1 Å². The third kappa shape index (κ3) is 3.95. The highest BCUT2D eigenvalue weighted by atomic mass is 35.5. The molecule has 0 amide bonds. The quantitative estimate of drug-likeness (QED) is 0.532. The molecule has 1 N–H and O–H groups in total. The lowest BCUT2D eigenvalue weighted by atomic mass is 10.3. The van der Waals surface area contributed by atoms with E-state index in [1.165, 1.54) is 29.5 Å². The Bertz CT molecular complexity index is 717. The van der Waals surface area contributed by atoms with Gasteiger partial charge in [-0.2, -0.15) is 0 Å². The number of halogens is 1. The zero-order valence-corrected chi connectivity index (χ0v) is 12.3. The Morgan fingerprint density at radius 3 is 2.90 bits per heavy atom. The molecule has 108 valence electrons. The zero-order chi connectivity index (χ0) is 15.2. The van der Waals surface area contributed by atoms with Crippen LogP contribution in [0.5, 0.6) is 5.75 Å². The summed E-state index contributed by atoms with van der Waals surface area (Å²) in [5.74, 6) is 5.39. The molecule has 0 aliphatic carbocycles. The monoisotopic (exact) mass is 323 g/mol. The fourth-order valence-corrected chi connectivity index (χ4v) is 2.60. The van der Waals surface area contributed by atoms with Crippen LogP contribution in [0.4, 0.5) is 5.69 Å². The lowest BCUT2D eigenvalue weighted by molar-refractivity contribution is -0.385. The first kappa shape index (κ1) is 15.3. The molecule has 2 aromatic rings. The largest absolute Gasteiger partial charge is 0.480 e. The summed E-state index contributed by atoms with van der Waals surface area (Å²) in [4.78, 5) is 12.0. The fraction of sp³-hybridized carbons (Fsp3) is 0.143. The first-order valence-electron chi connectivity index (χ1n) is 5.86. The Morgan fingerprint density at radius 1 is 1.38 bits per heavy atom. The SMILES string of the molecule is O=[N+]([O-])c1cccc(Cl)c1OCc1ccc(C#CCO)s1. The number of ether oxygens (including phenoxy) is 1. The van der Waals surface area contributed by atoms with Crippen molar-refractivity contribution >= 4 is 28.6 Å². The summed E-state index contributed by atoms with van der Waals surface area (Å²) in [5, 5.41) is 19.8. The van der Waals surface area contributed by atoms with E-state index in [-0.39, 0.29) is 29.7 Å². The molecule has 1 aromatic carbocycles. The van der Waals surface area contributed by atoms with Crippen LogP contribution in [0.2, 0.25) is 5.02 Å². The molecule has 21 heavy (non-hydrogen) atoms. The maximum absolute atomic E-state index is 10.9. The minimum atomic E-state index is -0.534. The number of benzene rings is 1. The summed E-state index contributed by atoms with van der Waals surface area (Å²) in [7, 11) is 0. The summed E-state index contributed by atoms with van der Waals surface area (Å²) in [6.45, 7) is -0.0361. The Kier molecular flexibility index (Phi) is 5.17. The van der Waals surface area contributed by atoms with Crippen molar-refractivity contribution < 1.29 is 14.8 Å². The van der Waals surface area contributed by atoms with Crippen molar-refractivity contribution in [3.05, 3.63) is 55.2 Å². The van der Waals surface area contributed by atoms with Crippen LogP contribution in [0.3, 0.4) is 0 Å². The molecule has 1 heterocycles. The highest BCUT2D eigenvalue weighted by Gasteiger charge is 2.18. The lowest BCUT2D eigenvalue weighted by Crippen LogP contribution is -1.98. The van der Waals surface area contributed by atoms with Crippen molar-refractivity contribution in [1.82, 2.24) is 0 Å². The number of nitro groups is 1. The number of hydrogen-bond acceptors (Lipinski definition) is 5. The van der Waals surface area contributed by atoms with Gasteiger partial charge < -0.3 is 9.84 Å². The Morgan fingerprint density at radius 2 is 2.19 bits per heavy atom. The van der Waals surface area contributed by atoms with Gasteiger partial charge in [0.15, 0.2) is 0 Å². The predicted octanol–water partition coefficient (Wildman–Crippen LogP) is 3.23.